The maximum Gasteiger partial charge on any atom is 0.228 e. The summed E-state index contributed by atoms with van der Waals surface area (Å²) in [5.74, 6) is 1.82. The second kappa shape index (κ2) is 8.80. The number of hydrogen-bond donors (Lipinski definition) is 1. The van der Waals surface area contributed by atoms with Crippen LogP contribution in [0.5, 0.6) is 5.75 Å². The number of nitrogens with zero attached hydrogens (tertiary/aromatic N) is 2. The fourth-order valence-corrected chi connectivity index (χ4v) is 2.49. The first-order valence-electron chi connectivity index (χ1n) is 8.61. The summed E-state index contributed by atoms with van der Waals surface area (Å²) in [7, 11) is 0. The Morgan fingerprint density at radius 2 is 1.88 bits per heavy atom. The maximum atomic E-state index is 12.0. The molecule has 0 radical (unpaired) electrons. The van der Waals surface area contributed by atoms with E-state index in [9.17, 15) is 4.79 Å². The van der Waals surface area contributed by atoms with E-state index in [0.29, 0.717) is 37.7 Å². The third kappa shape index (κ3) is 4.92. The molecule has 0 atom stereocenters. The molecule has 3 aromatic rings. The molecule has 6 nitrogen and oxygen atoms in total. The van der Waals surface area contributed by atoms with E-state index in [1.807, 2.05) is 61.5 Å². The fraction of sp³-hybridized carbons (Fsp3) is 0.250. The highest BCUT2D eigenvalue weighted by Gasteiger charge is 2.09. The number of aromatic nitrogens is 2. The van der Waals surface area contributed by atoms with Gasteiger partial charge in [0.25, 0.3) is 0 Å². The topological polar surface area (TPSA) is 77.2 Å². The summed E-state index contributed by atoms with van der Waals surface area (Å²) in [6.07, 6.45) is 0.820. The predicted molar refractivity (Wildman–Crippen MR) is 97.8 cm³/mol. The van der Waals surface area contributed by atoms with E-state index in [1.54, 1.807) is 0 Å². The van der Waals surface area contributed by atoms with Crippen molar-refractivity contribution >= 4 is 5.91 Å². The number of carbonyl (C=O) groups excluding carboxylic acids is 1. The lowest BCUT2D eigenvalue weighted by molar-refractivity contribution is -0.120. The molecule has 0 bridgehead atoms. The second-order valence-electron chi connectivity index (χ2n) is 5.73. The van der Waals surface area contributed by atoms with Gasteiger partial charge in [-0.3, -0.25) is 4.79 Å². The van der Waals surface area contributed by atoms with Gasteiger partial charge in [0.2, 0.25) is 17.6 Å². The predicted octanol–water partition coefficient (Wildman–Crippen LogP) is 3.04. The van der Waals surface area contributed by atoms with Crippen molar-refractivity contribution < 1.29 is 14.1 Å². The molecule has 2 aromatic carbocycles. The van der Waals surface area contributed by atoms with Crippen LogP contribution in [0.25, 0.3) is 11.4 Å². The second-order valence-corrected chi connectivity index (χ2v) is 5.73. The number of amides is 1. The molecule has 0 spiro atoms. The van der Waals surface area contributed by atoms with Crippen LogP contribution in [0.1, 0.15) is 18.4 Å². The van der Waals surface area contributed by atoms with Crippen molar-refractivity contribution in [2.24, 2.45) is 0 Å². The molecule has 3 rings (SSSR count). The van der Waals surface area contributed by atoms with Crippen molar-refractivity contribution in [1.29, 1.82) is 0 Å². The van der Waals surface area contributed by atoms with Crippen LogP contribution < -0.4 is 10.1 Å². The summed E-state index contributed by atoms with van der Waals surface area (Å²) >= 11 is 0. The Morgan fingerprint density at radius 1 is 1.12 bits per heavy atom. The molecule has 0 unspecified atom stereocenters. The molecule has 1 heterocycles. The molecule has 0 saturated heterocycles. The monoisotopic (exact) mass is 351 g/mol. The first kappa shape index (κ1) is 17.7. The molecule has 0 fully saturated rings. The summed E-state index contributed by atoms with van der Waals surface area (Å²) in [5.41, 5.74) is 1.84. The Bertz CT molecular complexity index is 829. The Kier molecular flexibility index (Phi) is 5.98. The molecule has 6 heteroatoms. The van der Waals surface area contributed by atoms with Crippen LogP contribution in [0.4, 0.5) is 0 Å². The van der Waals surface area contributed by atoms with Crippen LogP contribution in [0.15, 0.2) is 59.1 Å². The van der Waals surface area contributed by atoms with Gasteiger partial charge in [0.05, 0.1) is 13.0 Å². The van der Waals surface area contributed by atoms with Crippen LogP contribution in [0.2, 0.25) is 0 Å². The molecule has 1 aromatic heterocycles. The van der Waals surface area contributed by atoms with E-state index in [-0.39, 0.29) is 5.91 Å². The molecule has 134 valence electrons. The normalized spacial score (nSPS) is 10.5. The Labute approximate surface area is 152 Å². The summed E-state index contributed by atoms with van der Waals surface area (Å²) in [4.78, 5) is 16.4. The van der Waals surface area contributed by atoms with Gasteiger partial charge in [0, 0.05) is 18.5 Å². The van der Waals surface area contributed by atoms with Crippen LogP contribution in [-0.2, 0) is 17.6 Å². The lowest BCUT2D eigenvalue weighted by Gasteiger charge is -2.06. The SMILES string of the molecule is CCOc1ccc(CC(=O)NCCc2nc(-c3ccccc3)no2)cc1. The number of carbonyl (C=O) groups is 1. The summed E-state index contributed by atoms with van der Waals surface area (Å²) < 4.78 is 10.6. The Balaban J connectivity index is 1.44. The lowest BCUT2D eigenvalue weighted by Crippen LogP contribution is -2.27. The standard InChI is InChI=1S/C20H21N3O3/c1-2-25-17-10-8-15(9-11-17)14-18(24)21-13-12-19-22-20(23-26-19)16-6-4-3-5-7-16/h3-11H,2,12-14H2,1H3,(H,21,24). The first-order chi connectivity index (χ1) is 12.7. The Hall–Kier alpha value is -3.15. The minimum atomic E-state index is -0.0445. The van der Waals surface area contributed by atoms with Gasteiger partial charge >= 0.3 is 0 Å². The number of nitrogens with one attached hydrogen (secondary N) is 1. The lowest BCUT2D eigenvalue weighted by atomic mass is 10.1. The molecule has 26 heavy (non-hydrogen) atoms. The van der Waals surface area contributed by atoms with E-state index in [1.165, 1.54) is 0 Å². The van der Waals surface area contributed by atoms with Crippen molar-refractivity contribution in [3.63, 3.8) is 0 Å². The molecular weight excluding hydrogens is 330 g/mol. The number of benzene rings is 2. The van der Waals surface area contributed by atoms with Crippen LogP contribution in [0, 0.1) is 0 Å². The largest absolute Gasteiger partial charge is 0.494 e. The zero-order chi connectivity index (χ0) is 18.2. The van der Waals surface area contributed by atoms with Crippen LogP contribution in [0.3, 0.4) is 0 Å². The van der Waals surface area contributed by atoms with E-state index >= 15 is 0 Å². The minimum absolute atomic E-state index is 0.0445. The average molecular weight is 351 g/mol. The molecule has 0 aliphatic rings. The quantitative estimate of drug-likeness (QED) is 0.675. The van der Waals surface area contributed by atoms with Gasteiger partial charge in [-0.15, -0.1) is 0 Å². The molecular formula is C20H21N3O3. The van der Waals surface area contributed by atoms with E-state index in [4.69, 9.17) is 9.26 Å². The Morgan fingerprint density at radius 3 is 2.62 bits per heavy atom. The van der Waals surface area contributed by atoms with Gasteiger partial charge in [-0.1, -0.05) is 47.6 Å². The molecule has 0 aliphatic heterocycles. The van der Waals surface area contributed by atoms with Crippen molar-refractivity contribution in [1.82, 2.24) is 15.5 Å². The van der Waals surface area contributed by atoms with Crippen molar-refractivity contribution in [3.8, 4) is 17.1 Å². The summed E-state index contributed by atoms with van der Waals surface area (Å²) in [5, 5.41) is 6.84. The third-order valence-electron chi connectivity index (χ3n) is 3.76. The number of ether oxygens (including phenoxy) is 1. The fourth-order valence-electron chi connectivity index (χ4n) is 2.49. The van der Waals surface area contributed by atoms with Gasteiger partial charge in [0.1, 0.15) is 5.75 Å². The van der Waals surface area contributed by atoms with E-state index in [2.05, 4.69) is 15.5 Å². The number of rotatable bonds is 8. The van der Waals surface area contributed by atoms with Crippen molar-refractivity contribution in [3.05, 3.63) is 66.1 Å². The van der Waals surface area contributed by atoms with Crippen LogP contribution in [-0.4, -0.2) is 29.2 Å². The summed E-state index contributed by atoms with van der Waals surface area (Å²) in [6.45, 7) is 3.02. The highest BCUT2D eigenvalue weighted by molar-refractivity contribution is 5.78. The molecule has 1 N–H and O–H groups in total. The van der Waals surface area contributed by atoms with Gasteiger partial charge in [-0.25, -0.2) is 0 Å². The highest BCUT2D eigenvalue weighted by atomic mass is 16.5. The van der Waals surface area contributed by atoms with Crippen LogP contribution >= 0.6 is 0 Å². The molecule has 0 saturated carbocycles. The van der Waals surface area contributed by atoms with Gasteiger partial charge in [-0.2, -0.15) is 4.98 Å². The third-order valence-corrected chi connectivity index (χ3v) is 3.76. The zero-order valence-electron chi connectivity index (χ0n) is 14.6. The molecule has 1 amide bonds. The average Bonchev–Trinajstić information content (AvgIpc) is 3.13. The van der Waals surface area contributed by atoms with Gasteiger partial charge in [0.15, 0.2) is 0 Å². The van der Waals surface area contributed by atoms with E-state index < -0.39 is 0 Å². The van der Waals surface area contributed by atoms with E-state index in [0.717, 1.165) is 16.9 Å². The zero-order valence-corrected chi connectivity index (χ0v) is 14.6. The summed E-state index contributed by atoms with van der Waals surface area (Å²) in [6, 6.07) is 17.2. The van der Waals surface area contributed by atoms with Gasteiger partial charge < -0.3 is 14.6 Å². The highest BCUT2D eigenvalue weighted by Crippen LogP contribution is 2.15. The molecule has 0 aliphatic carbocycles. The number of hydrogen-bond acceptors (Lipinski definition) is 5. The smallest absolute Gasteiger partial charge is 0.228 e. The van der Waals surface area contributed by atoms with Crippen molar-refractivity contribution in [2.45, 2.75) is 19.8 Å². The maximum absolute atomic E-state index is 12.0. The van der Waals surface area contributed by atoms with Crippen molar-refractivity contribution in [2.75, 3.05) is 13.2 Å². The minimum Gasteiger partial charge on any atom is -0.494 e. The van der Waals surface area contributed by atoms with Gasteiger partial charge in [-0.05, 0) is 24.6 Å². The first-order valence-corrected chi connectivity index (χ1v) is 8.61.